The zero-order chi connectivity index (χ0) is 30.1. The fraction of sp³-hybridized carbons (Fsp3) is 0.625. The Balaban J connectivity index is 1.07. The Labute approximate surface area is 255 Å². The monoisotopic (exact) mass is 598 g/mol. The van der Waals surface area contributed by atoms with E-state index in [1.807, 2.05) is 31.2 Å². The number of aromatic nitrogens is 3. The van der Waals surface area contributed by atoms with E-state index in [9.17, 15) is 5.11 Å². The average molecular weight is 599 g/mol. The molecule has 1 saturated heterocycles. The number of imidazole rings is 1. The highest BCUT2D eigenvalue weighted by Crippen LogP contribution is 2.25. The number of rotatable bonds is 21. The smallest absolute Gasteiger partial charge is 0.204 e. The lowest BCUT2D eigenvalue weighted by molar-refractivity contribution is -0.00138. The molecule has 1 aromatic carbocycles. The topological polar surface area (TPSA) is 115 Å². The van der Waals surface area contributed by atoms with Gasteiger partial charge in [-0.25, -0.2) is 4.98 Å². The van der Waals surface area contributed by atoms with Gasteiger partial charge >= 0.3 is 0 Å². The van der Waals surface area contributed by atoms with Crippen LogP contribution in [0.3, 0.4) is 0 Å². The van der Waals surface area contributed by atoms with E-state index in [4.69, 9.17) is 23.9 Å². The van der Waals surface area contributed by atoms with Crippen LogP contribution in [0.15, 0.2) is 36.4 Å². The average Bonchev–Trinajstić information content (AvgIpc) is 3.36. The number of hydrogen-bond donors (Lipinski definition) is 3. The number of hydrogen-bond acceptors (Lipinski definition) is 10. The lowest BCUT2D eigenvalue weighted by Gasteiger charge is -2.32. The third-order valence-electron chi connectivity index (χ3n) is 7.47. The summed E-state index contributed by atoms with van der Waals surface area (Å²) in [6, 6.07) is 12.0. The Morgan fingerprint density at radius 2 is 1.51 bits per heavy atom. The maximum Gasteiger partial charge on any atom is 0.204 e. The van der Waals surface area contributed by atoms with Gasteiger partial charge in [0.2, 0.25) is 5.95 Å². The first-order valence-corrected chi connectivity index (χ1v) is 15.8. The van der Waals surface area contributed by atoms with Gasteiger partial charge in [-0.15, -0.1) is 0 Å². The Morgan fingerprint density at radius 1 is 0.837 bits per heavy atom. The molecule has 1 fully saturated rings. The zero-order valence-electron chi connectivity index (χ0n) is 25.9. The Morgan fingerprint density at radius 3 is 2.23 bits per heavy atom. The van der Waals surface area contributed by atoms with Crippen molar-refractivity contribution in [3.05, 3.63) is 47.8 Å². The van der Waals surface area contributed by atoms with Gasteiger partial charge in [0.05, 0.1) is 63.8 Å². The summed E-state index contributed by atoms with van der Waals surface area (Å²) < 4.78 is 24.1. The first-order chi connectivity index (χ1) is 21.1. The first-order valence-electron chi connectivity index (χ1n) is 15.8. The minimum Gasteiger partial charge on any atom is -0.506 e. The van der Waals surface area contributed by atoms with E-state index >= 15 is 0 Å². The number of pyridine rings is 1. The number of piperidine rings is 1. The second-order valence-electron chi connectivity index (χ2n) is 10.9. The van der Waals surface area contributed by atoms with Crippen LogP contribution >= 0.6 is 0 Å². The van der Waals surface area contributed by atoms with E-state index in [-0.39, 0.29) is 5.75 Å². The van der Waals surface area contributed by atoms with Crippen LogP contribution < -0.4 is 10.6 Å². The maximum atomic E-state index is 10.4. The molecule has 0 spiro atoms. The third kappa shape index (κ3) is 11.3. The maximum absolute atomic E-state index is 10.4. The summed E-state index contributed by atoms with van der Waals surface area (Å²) in [7, 11) is 0. The molecule has 3 heterocycles. The van der Waals surface area contributed by atoms with Crippen LogP contribution in [0.1, 0.15) is 37.6 Å². The van der Waals surface area contributed by atoms with Gasteiger partial charge in [-0.05, 0) is 50.5 Å². The molecule has 0 aliphatic carbocycles. The van der Waals surface area contributed by atoms with Crippen LogP contribution in [0.4, 0.5) is 5.95 Å². The highest BCUT2D eigenvalue weighted by Gasteiger charge is 2.22. The number of benzene rings is 1. The van der Waals surface area contributed by atoms with Crippen molar-refractivity contribution in [1.82, 2.24) is 24.8 Å². The summed E-state index contributed by atoms with van der Waals surface area (Å²) in [5.74, 6) is 1.04. The van der Waals surface area contributed by atoms with E-state index in [0.717, 1.165) is 81.3 Å². The molecule has 2 aromatic heterocycles. The molecule has 0 radical (unpaired) electrons. The first kappa shape index (κ1) is 33.1. The minimum absolute atomic E-state index is 0.206. The molecule has 3 aromatic rings. The van der Waals surface area contributed by atoms with Crippen molar-refractivity contribution in [1.29, 1.82) is 0 Å². The second kappa shape index (κ2) is 18.8. The lowest BCUT2D eigenvalue weighted by Crippen LogP contribution is -2.42. The quantitative estimate of drug-likeness (QED) is 0.158. The van der Waals surface area contributed by atoms with Gasteiger partial charge in [-0.2, -0.15) is 0 Å². The van der Waals surface area contributed by atoms with Crippen molar-refractivity contribution in [3.63, 3.8) is 0 Å². The number of nitrogens with one attached hydrogen (secondary N) is 2. The Bertz CT molecular complexity index is 1200. The van der Waals surface area contributed by atoms with E-state index in [0.29, 0.717) is 64.5 Å². The van der Waals surface area contributed by atoms with E-state index in [2.05, 4.69) is 38.1 Å². The van der Waals surface area contributed by atoms with Gasteiger partial charge in [-0.3, -0.25) is 4.98 Å². The van der Waals surface area contributed by atoms with Crippen molar-refractivity contribution in [3.8, 4) is 5.75 Å². The van der Waals surface area contributed by atoms with Crippen LogP contribution in [-0.2, 0) is 25.5 Å². The number of anilines is 1. The highest BCUT2D eigenvalue weighted by atomic mass is 16.6. The molecule has 0 unspecified atom stereocenters. The third-order valence-corrected chi connectivity index (χ3v) is 7.47. The molecule has 0 bridgehead atoms. The van der Waals surface area contributed by atoms with Crippen LogP contribution in [0.5, 0.6) is 5.75 Å². The van der Waals surface area contributed by atoms with Gasteiger partial charge < -0.3 is 44.2 Å². The molecule has 0 amide bonds. The largest absolute Gasteiger partial charge is 0.506 e. The van der Waals surface area contributed by atoms with E-state index in [1.165, 1.54) is 0 Å². The molecule has 0 saturated carbocycles. The molecule has 1 aliphatic rings. The second-order valence-corrected chi connectivity index (χ2v) is 10.9. The predicted octanol–water partition coefficient (Wildman–Crippen LogP) is 3.44. The van der Waals surface area contributed by atoms with Gasteiger partial charge in [0, 0.05) is 51.1 Å². The SMILES string of the molecule is CCCOCCOCCOCCOCCNCCN1CCC(Nc2nc3ccccc3n2Cc2nc(C)ccc2O)CC1. The van der Waals surface area contributed by atoms with Crippen molar-refractivity contribution in [2.75, 3.05) is 90.9 Å². The molecule has 1 aliphatic heterocycles. The molecule has 11 heteroatoms. The molecule has 4 rings (SSSR count). The van der Waals surface area contributed by atoms with Crippen LogP contribution in [0, 0.1) is 6.92 Å². The summed E-state index contributed by atoms with van der Waals surface area (Å²) in [5.41, 5.74) is 3.50. The zero-order valence-corrected chi connectivity index (χ0v) is 25.9. The molecule has 11 nitrogen and oxygen atoms in total. The summed E-state index contributed by atoms with van der Waals surface area (Å²) in [6.07, 6.45) is 3.14. The molecule has 0 atom stereocenters. The predicted molar refractivity (Wildman–Crippen MR) is 169 cm³/mol. The Hall–Kier alpha value is -2.80. The number of ether oxygens (including phenoxy) is 4. The van der Waals surface area contributed by atoms with Crippen LogP contribution in [0.2, 0.25) is 0 Å². The number of nitrogens with zero attached hydrogens (tertiary/aromatic N) is 4. The minimum atomic E-state index is 0.206. The van der Waals surface area contributed by atoms with Crippen LogP contribution in [0.25, 0.3) is 11.0 Å². The summed E-state index contributed by atoms with van der Waals surface area (Å²) in [5, 5.41) is 17.6. The molecular formula is C32H50N6O5. The number of para-hydroxylation sites is 2. The van der Waals surface area contributed by atoms with Gasteiger partial charge in [-0.1, -0.05) is 19.1 Å². The lowest BCUT2D eigenvalue weighted by atomic mass is 10.1. The molecular weight excluding hydrogens is 548 g/mol. The van der Waals surface area contributed by atoms with Crippen molar-refractivity contribution >= 4 is 17.0 Å². The highest BCUT2D eigenvalue weighted by molar-refractivity contribution is 5.78. The van der Waals surface area contributed by atoms with Crippen molar-refractivity contribution in [2.24, 2.45) is 0 Å². The van der Waals surface area contributed by atoms with Gasteiger partial charge in [0.1, 0.15) is 11.4 Å². The summed E-state index contributed by atoms with van der Waals surface area (Å²) >= 11 is 0. The Kier molecular flexibility index (Phi) is 14.5. The van der Waals surface area contributed by atoms with Gasteiger partial charge in [0.25, 0.3) is 0 Å². The molecule has 3 N–H and O–H groups in total. The number of aromatic hydroxyl groups is 1. The van der Waals surface area contributed by atoms with Crippen molar-refractivity contribution in [2.45, 2.75) is 45.7 Å². The van der Waals surface area contributed by atoms with Crippen molar-refractivity contribution < 1.29 is 24.1 Å². The fourth-order valence-corrected chi connectivity index (χ4v) is 5.11. The molecule has 238 valence electrons. The van der Waals surface area contributed by atoms with E-state index < -0.39 is 0 Å². The van der Waals surface area contributed by atoms with E-state index in [1.54, 1.807) is 6.07 Å². The number of aryl methyl sites for hydroxylation is 1. The van der Waals surface area contributed by atoms with Crippen LogP contribution in [-0.4, -0.2) is 116 Å². The number of likely N-dealkylation sites (tertiary alicyclic amines) is 1. The standard InChI is InChI=1S/C32H50N6O5/c1-3-17-40-19-21-42-23-24-43-22-20-41-18-13-33-12-16-37-14-10-27(11-15-37)35-32-36-28-6-4-5-7-30(28)38(32)25-29-31(39)9-8-26(2)34-29/h4-9,27,33,39H,3,10-25H2,1-2H3,(H,35,36). The van der Waals surface area contributed by atoms with Gasteiger partial charge in [0.15, 0.2) is 0 Å². The normalized spacial score (nSPS) is 14.6. The number of fused-ring (bicyclic) bond motifs is 1. The fourth-order valence-electron chi connectivity index (χ4n) is 5.11. The summed E-state index contributed by atoms with van der Waals surface area (Å²) in [4.78, 5) is 12.0. The summed E-state index contributed by atoms with van der Waals surface area (Å²) in [6.45, 7) is 14.5. The molecule has 43 heavy (non-hydrogen) atoms.